The van der Waals surface area contributed by atoms with Gasteiger partial charge in [-0.15, -0.1) is 0 Å². The van der Waals surface area contributed by atoms with Gasteiger partial charge in [-0.1, -0.05) is 37.3 Å². The van der Waals surface area contributed by atoms with E-state index in [9.17, 15) is 5.11 Å². The van der Waals surface area contributed by atoms with E-state index in [0.29, 0.717) is 0 Å². The standard InChI is InChI=1S/C16H26N2O/c1-2-9-17-11-13-18(14-12-17)10-8-16(19)15-6-4-3-5-7-15/h3-7,16,19H,2,8-14H2,1H3. The number of piperazine rings is 1. The summed E-state index contributed by atoms with van der Waals surface area (Å²) in [4.78, 5) is 5.00. The highest BCUT2D eigenvalue weighted by atomic mass is 16.3. The average molecular weight is 262 g/mol. The summed E-state index contributed by atoms with van der Waals surface area (Å²) in [5.74, 6) is 0. The molecule has 1 N–H and O–H groups in total. The van der Waals surface area contributed by atoms with Crippen molar-refractivity contribution < 1.29 is 5.11 Å². The molecule has 0 saturated carbocycles. The summed E-state index contributed by atoms with van der Waals surface area (Å²) < 4.78 is 0. The lowest BCUT2D eigenvalue weighted by Crippen LogP contribution is -2.46. The first-order valence-corrected chi connectivity index (χ1v) is 7.47. The molecule has 0 spiro atoms. The predicted molar refractivity (Wildman–Crippen MR) is 79.2 cm³/mol. The molecule has 1 aromatic carbocycles. The van der Waals surface area contributed by atoms with E-state index in [1.807, 2.05) is 30.3 Å². The van der Waals surface area contributed by atoms with Crippen LogP contribution in [0.15, 0.2) is 30.3 Å². The molecule has 1 aliphatic heterocycles. The molecule has 1 heterocycles. The van der Waals surface area contributed by atoms with Crippen molar-refractivity contribution in [3.63, 3.8) is 0 Å². The van der Waals surface area contributed by atoms with E-state index in [-0.39, 0.29) is 6.10 Å². The normalized spacial score (nSPS) is 19.5. The third kappa shape index (κ3) is 4.60. The Morgan fingerprint density at radius 1 is 1.00 bits per heavy atom. The number of benzene rings is 1. The van der Waals surface area contributed by atoms with E-state index in [4.69, 9.17) is 0 Å². The number of hydrogen-bond acceptors (Lipinski definition) is 3. The number of nitrogens with zero attached hydrogens (tertiary/aromatic N) is 2. The number of aliphatic hydroxyl groups is 1. The second kappa shape index (κ2) is 7.63. The lowest BCUT2D eigenvalue weighted by Gasteiger charge is -2.34. The number of hydrogen-bond donors (Lipinski definition) is 1. The molecule has 1 atom stereocenters. The van der Waals surface area contributed by atoms with Crippen LogP contribution in [0.3, 0.4) is 0 Å². The molecule has 2 rings (SSSR count). The Bertz CT molecular complexity index is 347. The minimum absolute atomic E-state index is 0.324. The van der Waals surface area contributed by atoms with Crippen molar-refractivity contribution >= 4 is 0 Å². The van der Waals surface area contributed by atoms with Crippen LogP contribution in [0.2, 0.25) is 0 Å². The van der Waals surface area contributed by atoms with E-state index in [0.717, 1.165) is 31.6 Å². The van der Waals surface area contributed by atoms with Gasteiger partial charge in [0.05, 0.1) is 6.10 Å². The zero-order valence-corrected chi connectivity index (χ0v) is 12.0. The zero-order valence-electron chi connectivity index (χ0n) is 12.0. The first-order chi connectivity index (χ1) is 9.29. The molecule has 1 aliphatic rings. The van der Waals surface area contributed by atoms with Gasteiger partial charge in [0.2, 0.25) is 0 Å². The second-order valence-corrected chi connectivity index (χ2v) is 5.40. The van der Waals surface area contributed by atoms with Gasteiger partial charge < -0.3 is 14.9 Å². The minimum atomic E-state index is -0.324. The molecule has 0 bridgehead atoms. The highest BCUT2D eigenvalue weighted by Gasteiger charge is 2.17. The second-order valence-electron chi connectivity index (χ2n) is 5.40. The maximum absolute atomic E-state index is 10.2. The molecule has 1 saturated heterocycles. The molecule has 3 nitrogen and oxygen atoms in total. The van der Waals surface area contributed by atoms with Gasteiger partial charge in [0.15, 0.2) is 0 Å². The smallest absolute Gasteiger partial charge is 0.0802 e. The summed E-state index contributed by atoms with van der Waals surface area (Å²) in [5.41, 5.74) is 1.03. The van der Waals surface area contributed by atoms with Crippen LogP contribution in [0.1, 0.15) is 31.4 Å². The molecular weight excluding hydrogens is 236 g/mol. The Morgan fingerprint density at radius 3 is 2.16 bits per heavy atom. The zero-order chi connectivity index (χ0) is 13.5. The van der Waals surface area contributed by atoms with Crippen molar-refractivity contribution in [1.82, 2.24) is 9.80 Å². The van der Waals surface area contributed by atoms with Gasteiger partial charge in [-0.2, -0.15) is 0 Å². The van der Waals surface area contributed by atoms with E-state index in [1.165, 1.54) is 26.1 Å². The van der Waals surface area contributed by atoms with Crippen molar-refractivity contribution in [2.24, 2.45) is 0 Å². The molecular formula is C16H26N2O. The van der Waals surface area contributed by atoms with E-state index >= 15 is 0 Å². The number of rotatable bonds is 6. The Labute approximate surface area is 116 Å². The topological polar surface area (TPSA) is 26.7 Å². The third-order valence-corrected chi connectivity index (χ3v) is 3.91. The summed E-state index contributed by atoms with van der Waals surface area (Å²) in [6.07, 6.45) is 1.75. The van der Waals surface area contributed by atoms with Gasteiger partial charge in [-0.05, 0) is 24.9 Å². The molecule has 1 unspecified atom stereocenters. The van der Waals surface area contributed by atoms with Crippen molar-refractivity contribution in [3.8, 4) is 0 Å². The lowest BCUT2D eigenvalue weighted by atomic mass is 10.1. The maximum atomic E-state index is 10.2. The fourth-order valence-electron chi connectivity index (χ4n) is 2.70. The van der Waals surface area contributed by atoms with Crippen LogP contribution in [-0.2, 0) is 0 Å². The molecule has 106 valence electrons. The molecule has 3 heteroatoms. The fraction of sp³-hybridized carbons (Fsp3) is 0.625. The van der Waals surface area contributed by atoms with E-state index < -0.39 is 0 Å². The van der Waals surface area contributed by atoms with Gasteiger partial charge >= 0.3 is 0 Å². The summed E-state index contributed by atoms with van der Waals surface area (Å²) in [6.45, 7) is 9.09. The highest BCUT2D eigenvalue weighted by molar-refractivity contribution is 5.17. The van der Waals surface area contributed by atoms with Crippen LogP contribution in [0, 0.1) is 0 Å². The molecule has 0 amide bonds. The van der Waals surface area contributed by atoms with Crippen LogP contribution >= 0.6 is 0 Å². The van der Waals surface area contributed by atoms with Crippen molar-refractivity contribution in [3.05, 3.63) is 35.9 Å². The quantitative estimate of drug-likeness (QED) is 0.851. The van der Waals surface area contributed by atoms with Crippen LogP contribution < -0.4 is 0 Å². The summed E-state index contributed by atoms with van der Waals surface area (Å²) >= 11 is 0. The molecule has 0 radical (unpaired) electrons. The average Bonchev–Trinajstić information content (AvgIpc) is 2.47. The van der Waals surface area contributed by atoms with E-state index in [1.54, 1.807) is 0 Å². The molecule has 19 heavy (non-hydrogen) atoms. The Kier molecular flexibility index (Phi) is 5.83. The van der Waals surface area contributed by atoms with Crippen LogP contribution in [0.5, 0.6) is 0 Å². The third-order valence-electron chi connectivity index (χ3n) is 3.91. The monoisotopic (exact) mass is 262 g/mol. The van der Waals surface area contributed by atoms with Crippen LogP contribution in [0.4, 0.5) is 0 Å². The molecule has 0 aromatic heterocycles. The van der Waals surface area contributed by atoms with Gasteiger partial charge in [-0.3, -0.25) is 0 Å². The Morgan fingerprint density at radius 2 is 1.58 bits per heavy atom. The van der Waals surface area contributed by atoms with Crippen molar-refractivity contribution in [1.29, 1.82) is 0 Å². The Balaban J connectivity index is 1.69. The molecule has 0 aliphatic carbocycles. The minimum Gasteiger partial charge on any atom is -0.388 e. The van der Waals surface area contributed by atoms with E-state index in [2.05, 4.69) is 16.7 Å². The summed E-state index contributed by atoms with van der Waals surface area (Å²) in [6, 6.07) is 9.97. The Hall–Kier alpha value is -0.900. The van der Waals surface area contributed by atoms with Crippen LogP contribution in [-0.4, -0.2) is 54.2 Å². The van der Waals surface area contributed by atoms with Gasteiger partial charge in [0, 0.05) is 32.7 Å². The van der Waals surface area contributed by atoms with Gasteiger partial charge in [0.1, 0.15) is 0 Å². The highest BCUT2D eigenvalue weighted by Crippen LogP contribution is 2.16. The first-order valence-electron chi connectivity index (χ1n) is 7.47. The molecule has 1 aromatic rings. The fourth-order valence-corrected chi connectivity index (χ4v) is 2.70. The van der Waals surface area contributed by atoms with Gasteiger partial charge in [0.25, 0.3) is 0 Å². The summed E-state index contributed by atoms with van der Waals surface area (Å²) in [5, 5.41) is 10.2. The van der Waals surface area contributed by atoms with Crippen molar-refractivity contribution in [2.75, 3.05) is 39.3 Å². The van der Waals surface area contributed by atoms with Crippen LogP contribution in [0.25, 0.3) is 0 Å². The first kappa shape index (κ1) is 14.5. The van der Waals surface area contributed by atoms with Crippen molar-refractivity contribution in [2.45, 2.75) is 25.9 Å². The molecule has 1 fully saturated rings. The SMILES string of the molecule is CCCN1CCN(CCC(O)c2ccccc2)CC1. The van der Waals surface area contributed by atoms with Gasteiger partial charge in [-0.25, -0.2) is 0 Å². The lowest BCUT2D eigenvalue weighted by molar-refractivity contribution is 0.102. The number of aliphatic hydroxyl groups excluding tert-OH is 1. The summed E-state index contributed by atoms with van der Waals surface area (Å²) in [7, 11) is 0. The largest absolute Gasteiger partial charge is 0.388 e. The maximum Gasteiger partial charge on any atom is 0.0802 e. The predicted octanol–water partition coefficient (Wildman–Crippen LogP) is 2.14.